The molecule has 0 amide bonds. The number of aromatic nitrogens is 1. The van der Waals surface area contributed by atoms with E-state index >= 15 is 0 Å². The zero-order chi connectivity index (χ0) is 21.3. The van der Waals surface area contributed by atoms with Crippen molar-refractivity contribution < 1.29 is 0 Å². The maximum Gasteiger partial charge on any atom is 0.0457 e. The molecule has 6 heteroatoms. The van der Waals surface area contributed by atoms with Gasteiger partial charge in [0.25, 0.3) is 0 Å². The molecule has 4 rings (SSSR count). The van der Waals surface area contributed by atoms with Gasteiger partial charge in [0.1, 0.15) is 0 Å². The molecule has 1 aliphatic heterocycles. The van der Waals surface area contributed by atoms with E-state index in [1.807, 2.05) is 12.1 Å². The van der Waals surface area contributed by atoms with Crippen molar-refractivity contribution in [3.63, 3.8) is 0 Å². The number of hydrogen-bond acceptors (Lipinski definition) is 4. The molecular weight excluding hydrogens is 424 g/mol. The topological polar surface area (TPSA) is 43.1 Å². The maximum atomic E-state index is 6.14. The lowest BCUT2D eigenvalue weighted by atomic mass is 10.1. The molecule has 2 heterocycles. The molecule has 2 aromatic carbocycles. The number of nitrogens with one attached hydrogen (secondary N) is 3. The van der Waals surface area contributed by atoms with E-state index in [4.69, 9.17) is 11.6 Å². The van der Waals surface area contributed by atoms with Gasteiger partial charge >= 0.3 is 0 Å². The fourth-order valence-electron chi connectivity index (χ4n) is 4.17. The summed E-state index contributed by atoms with van der Waals surface area (Å²) in [5.41, 5.74) is 3.94. The van der Waals surface area contributed by atoms with Crippen molar-refractivity contribution >= 4 is 34.5 Å². The van der Waals surface area contributed by atoms with Crippen LogP contribution in [0.25, 0.3) is 10.9 Å². The molecule has 3 N–H and O–H groups in total. The molecule has 4 nitrogen and oxygen atoms in total. The van der Waals surface area contributed by atoms with Gasteiger partial charge in [-0.1, -0.05) is 23.7 Å². The lowest BCUT2D eigenvalue weighted by Crippen LogP contribution is -2.43. The monoisotopic (exact) mass is 456 g/mol. The first-order chi connectivity index (χ1) is 15.3. The lowest BCUT2D eigenvalue weighted by Gasteiger charge is -2.27. The summed E-state index contributed by atoms with van der Waals surface area (Å²) in [4.78, 5) is 7.19. The van der Waals surface area contributed by atoms with Crippen LogP contribution in [0.15, 0.2) is 53.6 Å². The summed E-state index contributed by atoms with van der Waals surface area (Å²) in [5.74, 6) is 0. The van der Waals surface area contributed by atoms with Gasteiger partial charge in [-0.05, 0) is 92.1 Å². The molecule has 1 saturated heterocycles. The summed E-state index contributed by atoms with van der Waals surface area (Å²) in [6.45, 7) is 6.91. The number of unbranched alkanes of at least 4 members (excludes halogenated alkanes) is 1. The second kappa shape index (κ2) is 11.9. The van der Waals surface area contributed by atoms with E-state index in [0.717, 1.165) is 43.0 Å². The predicted octanol–water partition coefficient (Wildman–Crippen LogP) is 5.28. The van der Waals surface area contributed by atoms with Gasteiger partial charge in [0.05, 0.1) is 0 Å². The van der Waals surface area contributed by atoms with E-state index in [1.54, 1.807) is 11.9 Å². The van der Waals surface area contributed by atoms with Gasteiger partial charge in [-0.15, -0.1) is 0 Å². The molecule has 1 fully saturated rings. The normalized spacial score (nSPS) is 15.0. The van der Waals surface area contributed by atoms with Crippen LogP contribution in [-0.4, -0.2) is 49.2 Å². The SMILES string of the molecule is Clc1ccc2[nH]cc(CCCNSc3ccc(CCCCN4CCNCC4)cc3)c2c1. The Morgan fingerprint density at radius 3 is 2.65 bits per heavy atom. The Labute approximate surface area is 195 Å². The molecule has 0 aliphatic carbocycles. The Kier molecular flexibility index (Phi) is 8.73. The number of aryl methyl sites for hydroxylation is 2. The van der Waals surface area contributed by atoms with Crippen LogP contribution in [0, 0.1) is 0 Å². The number of nitrogens with zero attached hydrogens (tertiary/aromatic N) is 1. The molecule has 3 aromatic rings. The largest absolute Gasteiger partial charge is 0.361 e. The van der Waals surface area contributed by atoms with E-state index in [0.29, 0.717) is 0 Å². The van der Waals surface area contributed by atoms with Crippen molar-refractivity contribution in [2.75, 3.05) is 39.3 Å². The average Bonchev–Trinajstić information content (AvgIpc) is 3.20. The quantitative estimate of drug-likeness (QED) is 0.271. The number of rotatable bonds is 11. The van der Waals surface area contributed by atoms with Gasteiger partial charge in [0, 0.05) is 59.7 Å². The van der Waals surface area contributed by atoms with Crippen LogP contribution in [-0.2, 0) is 12.8 Å². The van der Waals surface area contributed by atoms with Crippen LogP contribution in [0.5, 0.6) is 0 Å². The fourth-order valence-corrected chi connectivity index (χ4v) is 5.02. The van der Waals surface area contributed by atoms with Crippen molar-refractivity contribution in [1.29, 1.82) is 0 Å². The molecule has 0 unspecified atom stereocenters. The number of fused-ring (bicyclic) bond motifs is 1. The van der Waals surface area contributed by atoms with Crippen molar-refractivity contribution in [2.45, 2.75) is 37.0 Å². The van der Waals surface area contributed by atoms with Crippen molar-refractivity contribution in [2.24, 2.45) is 0 Å². The van der Waals surface area contributed by atoms with Gasteiger partial charge in [-0.3, -0.25) is 4.72 Å². The minimum absolute atomic E-state index is 0.796. The first kappa shape index (κ1) is 22.7. The summed E-state index contributed by atoms with van der Waals surface area (Å²) in [5, 5.41) is 5.45. The second-order valence-corrected chi connectivity index (χ2v) is 9.70. The third kappa shape index (κ3) is 6.99. The van der Waals surface area contributed by atoms with Gasteiger partial charge < -0.3 is 15.2 Å². The standard InChI is InChI=1S/C25H33ClN4S/c26-22-8-11-25-24(18-22)21(19-28-25)5-3-12-29-31-23-9-6-20(7-10-23)4-1-2-15-30-16-13-27-14-17-30/h6-11,18-19,27-29H,1-5,12-17H2. The zero-order valence-electron chi connectivity index (χ0n) is 18.1. The highest BCUT2D eigenvalue weighted by atomic mass is 35.5. The Bertz CT molecular complexity index is 934. The van der Waals surface area contributed by atoms with Crippen molar-refractivity contribution in [3.05, 3.63) is 64.8 Å². The Hall–Kier alpha value is -1.50. The number of hydrogen-bond donors (Lipinski definition) is 3. The molecule has 0 bridgehead atoms. The summed E-state index contributed by atoms with van der Waals surface area (Å²) in [6.07, 6.45) is 7.99. The molecule has 0 radical (unpaired) electrons. The number of aromatic amines is 1. The van der Waals surface area contributed by atoms with Gasteiger partial charge in [0.2, 0.25) is 0 Å². The number of benzene rings is 2. The van der Waals surface area contributed by atoms with E-state index in [-0.39, 0.29) is 0 Å². The number of H-pyrrole nitrogens is 1. The number of piperazine rings is 1. The highest BCUT2D eigenvalue weighted by Gasteiger charge is 2.08. The molecule has 166 valence electrons. The van der Waals surface area contributed by atoms with Crippen molar-refractivity contribution in [1.82, 2.24) is 19.9 Å². The van der Waals surface area contributed by atoms with E-state index < -0.39 is 0 Å². The second-order valence-electron chi connectivity index (χ2n) is 8.30. The minimum Gasteiger partial charge on any atom is -0.361 e. The van der Waals surface area contributed by atoms with Gasteiger partial charge in [-0.25, -0.2) is 0 Å². The van der Waals surface area contributed by atoms with Crippen LogP contribution in [0.1, 0.15) is 30.4 Å². The fraction of sp³-hybridized carbons (Fsp3) is 0.440. The average molecular weight is 457 g/mol. The molecule has 1 aliphatic rings. The van der Waals surface area contributed by atoms with E-state index in [2.05, 4.69) is 56.5 Å². The first-order valence-corrected chi connectivity index (χ1v) is 12.6. The predicted molar refractivity (Wildman–Crippen MR) is 134 cm³/mol. The Balaban J connectivity index is 1.11. The summed E-state index contributed by atoms with van der Waals surface area (Å²) in [7, 11) is 0. The van der Waals surface area contributed by atoms with Gasteiger partial charge in [-0.2, -0.15) is 0 Å². The summed E-state index contributed by atoms with van der Waals surface area (Å²) in [6, 6.07) is 15.1. The zero-order valence-corrected chi connectivity index (χ0v) is 19.7. The van der Waals surface area contributed by atoms with Crippen molar-refractivity contribution in [3.8, 4) is 0 Å². The third-order valence-corrected chi connectivity index (χ3v) is 7.06. The Morgan fingerprint density at radius 2 is 1.81 bits per heavy atom. The van der Waals surface area contributed by atoms with Crippen LogP contribution >= 0.6 is 23.5 Å². The highest BCUT2D eigenvalue weighted by Crippen LogP contribution is 2.23. The maximum absolute atomic E-state index is 6.14. The Morgan fingerprint density at radius 1 is 0.968 bits per heavy atom. The molecule has 1 aromatic heterocycles. The highest BCUT2D eigenvalue weighted by molar-refractivity contribution is 7.97. The summed E-state index contributed by atoms with van der Waals surface area (Å²) < 4.78 is 3.50. The molecular formula is C25H33ClN4S. The third-order valence-electron chi connectivity index (χ3n) is 5.97. The van der Waals surface area contributed by atoms with Crippen LogP contribution in [0.2, 0.25) is 5.02 Å². The smallest absolute Gasteiger partial charge is 0.0457 e. The minimum atomic E-state index is 0.796. The van der Waals surface area contributed by atoms with Crippen LogP contribution in [0.3, 0.4) is 0 Å². The van der Waals surface area contributed by atoms with E-state index in [1.165, 1.54) is 60.3 Å². The van der Waals surface area contributed by atoms with E-state index in [9.17, 15) is 0 Å². The molecule has 0 atom stereocenters. The summed E-state index contributed by atoms with van der Waals surface area (Å²) >= 11 is 7.87. The molecule has 0 saturated carbocycles. The first-order valence-electron chi connectivity index (χ1n) is 11.5. The van der Waals surface area contributed by atoms with Gasteiger partial charge in [0.15, 0.2) is 0 Å². The number of halogens is 1. The molecule has 31 heavy (non-hydrogen) atoms. The van der Waals surface area contributed by atoms with Crippen LogP contribution in [0.4, 0.5) is 0 Å². The lowest BCUT2D eigenvalue weighted by molar-refractivity contribution is 0.237. The van der Waals surface area contributed by atoms with Crippen LogP contribution < -0.4 is 10.0 Å². The molecule has 0 spiro atoms.